The maximum atomic E-state index is 4.46. The lowest BCUT2D eigenvalue weighted by atomic mass is 10.0. The van der Waals surface area contributed by atoms with Gasteiger partial charge in [-0.05, 0) is 44.2 Å². The number of nitrogens with zero attached hydrogens (tertiary/aromatic N) is 5. The Kier molecular flexibility index (Phi) is 4.48. The number of fused-ring (bicyclic) bond motifs is 3. The van der Waals surface area contributed by atoms with Gasteiger partial charge in [-0.2, -0.15) is 0 Å². The average molecular weight is 361 g/mol. The number of likely N-dealkylation sites (N-methyl/N-ethyl adjacent to an activating group) is 1. The summed E-state index contributed by atoms with van der Waals surface area (Å²) < 4.78 is 2.38. The van der Waals surface area contributed by atoms with Crippen molar-refractivity contribution in [3.8, 4) is 0 Å². The maximum absolute atomic E-state index is 4.46. The summed E-state index contributed by atoms with van der Waals surface area (Å²) in [7, 11) is 6.11. The summed E-state index contributed by atoms with van der Waals surface area (Å²) in [6.07, 6.45) is 7.13. The molecule has 0 bridgehead atoms. The zero-order chi connectivity index (χ0) is 19.1. The van der Waals surface area contributed by atoms with Gasteiger partial charge < -0.3 is 14.4 Å². The molecular weight excluding hydrogens is 334 g/mol. The van der Waals surface area contributed by atoms with Gasteiger partial charge in [-0.3, -0.25) is 0 Å². The van der Waals surface area contributed by atoms with Gasteiger partial charge in [-0.1, -0.05) is 11.6 Å². The Balaban J connectivity index is 1.82. The molecule has 2 aromatic heterocycles. The smallest absolute Gasteiger partial charge is 0.224 e. The lowest BCUT2D eigenvalue weighted by molar-refractivity contribution is 0.312. The van der Waals surface area contributed by atoms with Crippen LogP contribution in [0.1, 0.15) is 29.3 Å². The van der Waals surface area contributed by atoms with Crippen molar-refractivity contribution in [2.24, 2.45) is 0 Å². The molecule has 0 fully saturated rings. The highest BCUT2D eigenvalue weighted by Gasteiger charge is 2.21. The van der Waals surface area contributed by atoms with E-state index in [4.69, 9.17) is 0 Å². The first-order valence-corrected chi connectivity index (χ1v) is 9.43. The molecule has 4 rings (SSSR count). The highest BCUT2D eigenvalue weighted by molar-refractivity contribution is 5.90. The molecule has 27 heavy (non-hydrogen) atoms. The van der Waals surface area contributed by atoms with Crippen LogP contribution < -0.4 is 4.90 Å². The number of benzene rings is 1. The fourth-order valence-electron chi connectivity index (χ4n) is 3.81. The summed E-state index contributed by atoms with van der Waals surface area (Å²) in [5.41, 5.74) is 7.70. The van der Waals surface area contributed by atoms with Gasteiger partial charge in [-0.25, -0.2) is 9.97 Å². The summed E-state index contributed by atoms with van der Waals surface area (Å²) in [6.45, 7) is 6.40. The maximum Gasteiger partial charge on any atom is 0.224 e. The van der Waals surface area contributed by atoms with Gasteiger partial charge in [0.15, 0.2) is 0 Å². The Labute approximate surface area is 161 Å². The van der Waals surface area contributed by atoms with Crippen LogP contribution in [0.25, 0.3) is 22.7 Å². The van der Waals surface area contributed by atoms with Gasteiger partial charge in [0.2, 0.25) is 5.95 Å². The normalized spacial score (nSPS) is 15.2. The van der Waals surface area contributed by atoms with Crippen LogP contribution in [-0.2, 0) is 13.0 Å². The van der Waals surface area contributed by atoms with Gasteiger partial charge in [0.25, 0.3) is 0 Å². The fraction of sp³-hybridized carbons (Fsp3) is 0.364. The number of hydrogen-bond donors (Lipinski definition) is 0. The van der Waals surface area contributed by atoms with E-state index < -0.39 is 0 Å². The highest BCUT2D eigenvalue weighted by atomic mass is 15.2. The molecule has 0 radical (unpaired) electrons. The van der Waals surface area contributed by atoms with Crippen molar-refractivity contribution >= 4 is 28.6 Å². The van der Waals surface area contributed by atoms with E-state index in [9.17, 15) is 0 Å². The number of anilines is 1. The lowest BCUT2D eigenvalue weighted by Gasteiger charge is -2.23. The molecule has 0 aliphatic carbocycles. The van der Waals surface area contributed by atoms with Gasteiger partial charge in [0.1, 0.15) is 0 Å². The molecule has 0 atom stereocenters. The standard InChI is InChI=1S/C22H27N5/c1-15-6-7-20-18(10-15)19-14-26(5)9-8-21(19)27(20)13-16(2)17-11-23-22(24-12-17)25(3)4/h6-7,10-13H,8-9,14H2,1-5H3. The van der Waals surface area contributed by atoms with E-state index >= 15 is 0 Å². The number of aryl methyl sites for hydroxylation is 1. The quantitative estimate of drug-likeness (QED) is 0.711. The Morgan fingerprint density at radius 2 is 1.93 bits per heavy atom. The van der Waals surface area contributed by atoms with Crippen LogP contribution >= 0.6 is 0 Å². The first kappa shape index (κ1) is 17.7. The number of aromatic nitrogens is 3. The number of hydrogen-bond acceptors (Lipinski definition) is 4. The molecule has 3 aromatic rings. The zero-order valence-electron chi connectivity index (χ0n) is 16.8. The van der Waals surface area contributed by atoms with Crippen molar-refractivity contribution in [2.45, 2.75) is 26.8 Å². The summed E-state index contributed by atoms with van der Waals surface area (Å²) in [5.74, 6) is 0.730. The van der Waals surface area contributed by atoms with Crippen molar-refractivity contribution in [3.63, 3.8) is 0 Å². The minimum atomic E-state index is 0.730. The Morgan fingerprint density at radius 3 is 2.63 bits per heavy atom. The topological polar surface area (TPSA) is 37.2 Å². The van der Waals surface area contributed by atoms with Crippen LogP contribution in [0.4, 0.5) is 5.95 Å². The molecule has 140 valence electrons. The summed E-state index contributed by atoms with van der Waals surface area (Å²) in [6, 6.07) is 6.77. The fourth-order valence-corrected chi connectivity index (χ4v) is 3.81. The first-order chi connectivity index (χ1) is 12.9. The second kappa shape index (κ2) is 6.82. The molecule has 0 amide bonds. The Bertz CT molecular complexity index is 1010. The Hall–Kier alpha value is -2.66. The van der Waals surface area contributed by atoms with Crippen molar-refractivity contribution in [1.29, 1.82) is 0 Å². The summed E-state index contributed by atoms with van der Waals surface area (Å²) in [4.78, 5) is 13.2. The number of rotatable bonds is 3. The van der Waals surface area contributed by atoms with Gasteiger partial charge in [0.05, 0.1) is 5.52 Å². The predicted octanol–water partition coefficient (Wildman–Crippen LogP) is 3.81. The largest absolute Gasteiger partial charge is 0.347 e. The first-order valence-electron chi connectivity index (χ1n) is 9.43. The van der Waals surface area contributed by atoms with Gasteiger partial charge >= 0.3 is 0 Å². The molecule has 0 spiro atoms. The lowest BCUT2D eigenvalue weighted by Crippen LogP contribution is -2.26. The van der Waals surface area contributed by atoms with Crippen molar-refractivity contribution < 1.29 is 0 Å². The third kappa shape index (κ3) is 3.23. The van der Waals surface area contributed by atoms with Crippen LogP contribution in [0.15, 0.2) is 30.6 Å². The second-order valence-corrected chi connectivity index (χ2v) is 7.78. The van der Waals surface area contributed by atoms with E-state index in [-0.39, 0.29) is 0 Å². The third-order valence-corrected chi connectivity index (χ3v) is 5.35. The van der Waals surface area contributed by atoms with Crippen LogP contribution in [0, 0.1) is 6.92 Å². The zero-order valence-corrected chi connectivity index (χ0v) is 16.8. The van der Waals surface area contributed by atoms with E-state index in [0.717, 1.165) is 31.0 Å². The van der Waals surface area contributed by atoms with E-state index in [1.165, 1.54) is 33.3 Å². The SMILES string of the molecule is CC(=Cn1c2c(c3cc(C)ccc31)CN(C)CC2)c1cnc(N(C)C)nc1. The number of allylic oxidation sites excluding steroid dienone is 1. The molecule has 1 aromatic carbocycles. The van der Waals surface area contributed by atoms with Crippen LogP contribution in [0.5, 0.6) is 0 Å². The van der Waals surface area contributed by atoms with E-state index in [1.54, 1.807) is 0 Å². The van der Waals surface area contributed by atoms with Crippen molar-refractivity contribution in [1.82, 2.24) is 19.4 Å². The molecular formula is C22H27N5. The molecule has 5 heteroatoms. The highest BCUT2D eigenvalue weighted by Crippen LogP contribution is 2.32. The van der Waals surface area contributed by atoms with Crippen molar-refractivity contribution in [3.05, 3.63) is 53.0 Å². The molecule has 0 unspecified atom stereocenters. The molecule has 0 saturated heterocycles. The Morgan fingerprint density at radius 1 is 1.19 bits per heavy atom. The van der Waals surface area contributed by atoms with E-state index in [0.29, 0.717) is 0 Å². The molecule has 1 aliphatic rings. The average Bonchev–Trinajstić information content (AvgIpc) is 2.94. The molecule has 1 aliphatic heterocycles. The molecule has 3 heterocycles. The minimum absolute atomic E-state index is 0.730. The monoisotopic (exact) mass is 361 g/mol. The molecule has 0 saturated carbocycles. The van der Waals surface area contributed by atoms with Gasteiger partial charge in [0, 0.05) is 68.8 Å². The van der Waals surface area contributed by atoms with Crippen LogP contribution in [0.3, 0.4) is 0 Å². The van der Waals surface area contributed by atoms with E-state index in [2.05, 4.69) is 64.7 Å². The van der Waals surface area contributed by atoms with E-state index in [1.807, 2.05) is 31.4 Å². The summed E-state index contributed by atoms with van der Waals surface area (Å²) >= 11 is 0. The summed E-state index contributed by atoms with van der Waals surface area (Å²) in [5, 5.41) is 1.37. The predicted molar refractivity (Wildman–Crippen MR) is 113 cm³/mol. The minimum Gasteiger partial charge on any atom is -0.347 e. The van der Waals surface area contributed by atoms with Gasteiger partial charge in [-0.15, -0.1) is 0 Å². The van der Waals surface area contributed by atoms with Crippen LogP contribution in [-0.4, -0.2) is 47.1 Å². The van der Waals surface area contributed by atoms with Crippen LogP contribution in [0.2, 0.25) is 0 Å². The molecule has 5 nitrogen and oxygen atoms in total. The van der Waals surface area contributed by atoms with Crippen molar-refractivity contribution in [2.75, 3.05) is 32.6 Å². The molecule has 0 N–H and O–H groups in total. The third-order valence-electron chi connectivity index (χ3n) is 5.35. The second-order valence-electron chi connectivity index (χ2n) is 7.78.